The minimum atomic E-state index is -0.637. The van der Waals surface area contributed by atoms with E-state index in [1.165, 1.54) is 6.07 Å². The van der Waals surface area contributed by atoms with Crippen molar-refractivity contribution in [3.8, 4) is 0 Å². The zero-order valence-electron chi connectivity index (χ0n) is 15.8. The lowest BCUT2D eigenvalue weighted by Gasteiger charge is -2.36. The second kappa shape index (κ2) is 7.87. The highest BCUT2D eigenvalue weighted by molar-refractivity contribution is 5.98. The third-order valence-electron chi connectivity index (χ3n) is 5.81. The summed E-state index contributed by atoms with van der Waals surface area (Å²) in [7, 11) is 0. The Balaban J connectivity index is 1.48. The Morgan fingerprint density at radius 1 is 1.07 bits per heavy atom. The number of nitrogens with one attached hydrogen (secondary N) is 2. The Bertz CT molecular complexity index is 807. The number of piperidine rings is 1. The Morgan fingerprint density at radius 2 is 1.86 bits per heavy atom. The fourth-order valence-electron chi connectivity index (χ4n) is 4.24. The van der Waals surface area contributed by atoms with Gasteiger partial charge in [0.2, 0.25) is 11.8 Å². The van der Waals surface area contributed by atoms with Crippen LogP contribution in [0, 0.1) is 11.7 Å². The van der Waals surface area contributed by atoms with Crippen LogP contribution < -0.4 is 10.6 Å². The molecular formula is C20H25FN4O3. The summed E-state index contributed by atoms with van der Waals surface area (Å²) in [5.74, 6) is -1.30. The van der Waals surface area contributed by atoms with E-state index in [-0.39, 0.29) is 29.2 Å². The van der Waals surface area contributed by atoms with Gasteiger partial charge < -0.3 is 20.4 Å². The van der Waals surface area contributed by atoms with Crippen LogP contribution in [-0.2, 0) is 16.0 Å². The monoisotopic (exact) mass is 388 g/mol. The summed E-state index contributed by atoms with van der Waals surface area (Å²) >= 11 is 0. The second-order valence-electron chi connectivity index (χ2n) is 7.70. The number of nitrogens with zero attached hydrogens (tertiary/aromatic N) is 2. The maximum atomic E-state index is 14.6. The predicted octanol–water partition coefficient (Wildman–Crippen LogP) is 0.994. The van der Waals surface area contributed by atoms with Crippen LogP contribution in [0.4, 0.5) is 10.1 Å². The van der Waals surface area contributed by atoms with Gasteiger partial charge in [0.25, 0.3) is 5.91 Å². The van der Waals surface area contributed by atoms with Crippen LogP contribution in [0.2, 0.25) is 0 Å². The molecule has 3 amide bonds. The summed E-state index contributed by atoms with van der Waals surface area (Å²) in [6.45, 7) is 3.81. The fourth-order valence-corrected chi connectivity index (χ4v) is 4.24. The van der Waals surface area contributed by atoms with Gasteiger partial charge in [-0.25, -0.2) is 4.39 Å². The molecule has 1 unspecified atom stereocenters. The van der Waals surface area contributed by atoms with E-state index in [2.05, 4.69) is 10.6 Å². The highest BCUT2D eigenvalue weighted by Gasteiger charge is 2.33. The first kappa shape index (κ1) is 18.9. The number of benzene rings is 1. The van der Waals surface area contributed by atoms with Crippen LogP contribution >= 0.6 is 0 Å². The molecule has 2 fully saturated rings. The van der Waals surface area contributed by atoms with Gasteiger partial charge in [-0.05, 0) is 37.0 Å². The van der Waals surface area contributed by atoms with Crippen molar-refractivity contribution >= 4 is 23.4 Å². The smallest absolute Gasteiger partial charge is 0.256 e. The molecule has 3 aliphatic heterocycles. The Hall–Kier alpha value is -2.48. The van der Waals surface area contributed by atoms with Gasteiger partial charge in [0.05, 0.1) is 11.5 Å². The number of anilines is 1. The van der Waals surface area contributed by atoms with E-state index in [1.54, 1.807) is 11.0 Å². The Labute approximate surface area is 163 Å². The summed E-state index contributed by atoms with van der Waals surface area (Å²) in [4.78, 5) is 40.7. The van der Waals surface area contributed by atoms with Gasteiger partial charge in [-0.2, -0.15) is 0 Å². The van der Waals surface area contributed by atoms with Gasteiger partial charge in [-0.1, -0.05) is 0 Å². The van der Waals surface area contributed by atoms with Crippen LogP contribution in [0.5, 0.6) is 0 Å². The molecule has 0 spiro atoms. The molecule has 2 saturated heterocycles. The lowest BCUT2D eigenvalue weighted by atomic mass is 9.94. The molecule has 28 heavy (non-hydrogen) atoms. The van der Waals surface area contributed by atoms with Crippen molar-refractivity contribution in [1.29, 1.82) is 0 Å². The Kier molecular flexibility index (Phi) is 5.30. The number of rotatable bonds is 2. The average Bonchev–Trinajstić information content (AvgIpc) is 2.73. The number of piperazine rings is 1. The number of hydrogen-bond acceptors (Lipinski definition) is 4. The quantitative estimate of drug-likeness (QED) is 0.792. The number of aryl methyl sites for hydroxylation is 1. The molecule has 8 heteroatoms. The minimum absolute atomic E-state index is 0.0187. The van der Waals surface area contributed by atoms with Gasteiger partial charge in [0, 0.05) is 51.4 Å². The fraction of sp³-hybridized carbons (Fsp3) is 0.550. The molecule has 7 nitrogen and oxygen atoms in total. The maximum Gasteiger partial charge on any atom is 0.256 e. The zero-order chi connectivity index (χ0) is 19.7. The maximum absolute atomic E-state index is 14.6. The summed E-state index contributed by atoms with van der Waals surface area (Å²) in [6, 6.07) is 2.78. The zero-order valence-corrected chi connectivity index (χ0v) is 15.8. The molecule has 4 rings (SSSR count). The number of carbonyl (C=O) groups excluding carboxylic acids is 3. The lowest BCUT2D eigenvalue weighted by Crippen LogP contribution is -2.52. The number of hydrogen-bond donors (Lipinski definition) is 2. The van der Waals surface area contributed by atoms with Gasteiger partial charge in [0.1, 0.15) is 5.82 Å². The Morgan fingerprint density at radius 3 is 2.64 bits per heavy atom. The van der Waals surface area contributed by atoms with Crippen molar-refractivity contribution in [3.05, 3.63) is 29.1 Å². The highest BCUT2D eigenvalue weighted by Crippen LogP contribution is 2.28. The van der Waals surface area contributed by atoms with E-state index >= 15 is 0 Å². The van der Waals surface area contributed by atoms with E-state index in [1.807, 2.05) is 4.90 Å². The van der Waals surface area contributed by atoms with Crippen LogP contribution in [0.15, 0.2) is 12.1 Å². The molecule has 0 aromatic heterocycles. The first-order chi connectivity index (χ1) is 13.5. The van der Waals surface area contributed by atoms with E-state index in [4.69, 9.17) is 0 Å². The van der Waals surface area contributed by atoms with Crippen molar-refractivity contribution in [3.63, 3.8) is 0 Å². The highest BCUT2D eigenvalue weighted by atomic mass is 19.1. The number of amides is 3. The van der Waals surface area contributed by atoms with Crippen molar-refractivity contribution in [2.45, 2.75) is 25.7 Å². The average molecular weight is 388 g/mol. The molecule has 0 aliphatic carbocycles. The van der Waals surface area contributed by atoms with Crippen LogP contribution in [0.3, 0.4) is 0 Å². The van der Waals surface area contributed by atoms with E-state index in [0.29, 0.717) is 44.7 Å². The minimum Gasteiger partial charge on any atom is -0.340 e. The lowest BCUT2D eigenvalue weighted by molar-refractivity contribution is -0.137. The normalized spacial score (nSPS) is 22.5. The van der Waals surface area contributed by atoms with Gasteiger partial charge >= 0.3 is 0 Å². The summed E-state index contributed by atoms with van der Waals surface area (Å²) in [5.41, 5.74) is 1.23. The number of fused-ring (bicyclic) bond motifs is 1. The molecule has 1 atom stereocenters. The van der Waals surface area contributed by atoms with E-state index in [9.17, 15) is 18.8 Å². The van der Waals surface area contributed by atoms with Crippen molar-refractivity contribution < 1.29 is 18.8 Å². The SMILES string of the molecule is O=C1CCc2cc(C(=O)N3CCCC(C(=O)N4CCNCC4)C3)c(F)cc2N1. The molecule has 0 saturated carbocycles. The summed E-state index contributed by atoms with van der Waals surface area (Å²) in [5, 5.41) is 5.87. The number of likely N-dealkylation sites (tertiary alicyclic amines) is 1. The van der Waals surface area contributed by atoms with Crippen LogP contribution in [0.1, 0.15) is 35.2 Å². The van der Waals surface area contributed by atoms with Gasteiger partial charge in [-0.15, -0.1) is 0 Å². The molecule has 3 aliphatic rings. The molecule has 150 valence electrons. The third-order valence-corrected chi connectivity index (χ3v) is 5.81. The van der Waals surface area contributed by atoms with Crippen molar-refractivity contribution in [2.75, 3.05) is 44.6 Å². The van der Waals surface area contributed by atoms with E-state index in [0.717, 1.165) is 31.5 Å². The number of carbonyl (C=O) groups is 3. The predicted molar refractivity (Wildman–Crippen MR) is 101 cm³/mol. The van der Waals surface area contributed by atoms with Gasteiger partial charge in [-0.3, -0.25) is 14.4 Å². The second-order valence-corrected chi connectivity index (χ2v) is 7.70. The molecule has 0 bridgehead atoms. The van der Waals surface area contributed by atoms with Crippen molar-refractivity contribution in [1.82, 2.24) is 15.1 Å². The number of halogens is 1. The standard InChI is InChI=1S/C20H25FN4O3/c21-16-11-17-13(3-4-18(26)23-17)10-15(16)20(28)25-7-1-2-14(12-25)19(27)24-8-5-22-6-9-24/h10-11,14,22H,1-9,12H2,(H,23,26). The molecule has 1 aromatic carbocycles. The summed E-state index contributed by atoms with van der Waals surface area (Å²) < 4.78 is 14.6. The first-order valence-electron chi connectivity index (χ1n) is 9.94. The van der Waals surface area contributed by atoms with Crippen molar-refractivity contribution in [2.24, 2.45) is 5.92 Å². The first-order valence-corrected chi connectivity index (χ1v) is 9.94. The molecular weight excluding hydrogens is 363 g/mol. The largest absolute Gasteiger partial charge is 0.340 e. The molecule has 3 heterocycles. The third kappa shape index (κ3) is 3.73. The van der Waals surface area contributed by atoms with Gasteiger partial charge in [0.15, 0.2) is 0 Å². The van der Waals surface area contributed by atoms with E-state index < -0.39 is 5.82 Å². The van der Waals surface area contributed by atoms with Crippen LogP contribution in [0.25, 0.3) is 0 Å². The molecule has 1 aromatic rings. The van der Waals surface area contributed by atoms with Crippen LogP contribution in [-0.4, -0.2) is 66.8 Å². The summed E-state index contributed by atoms with van der Waals surface area (Å²) in [6.07, 6.45) is 2.31. The molecule has 0 radical (unpaired) electrons. The topological polar surface area (TPSA) is 81.8 Å². The molecule has 2 N–H and O–H groups in total.